The lowest BCUT2D eigenvalue weighted by Gasteiger charge is -2.21. The molecular weight excluding hydrogens is 296 g/mol. The smallest absolute Gasteiger partial charge is 0.150 e. The first kappa shape index (κ1) is 16.4. The van der Waals surface area contributed by atoms with Crippen molar-refractivity contribution in [3.63, 3.8) is 0 Å². The molecule has 1 fully saturated rings. The molecular formula is C15H21F2NO2S. The standard InChI is InChI=1S/C15H21F2NO2S/c1-2-18-14(7-11-5-6-21(19,20)10-11)8-12-3-4-13(16)9-15(12)17/h3-4,9,11,14,18H,2,5-8,10H2,1H3. The molecule has 1 aromatic carbocycles. The summed E-state index contributed by atoms with van der Waals surface area (Å²) in [6.07, 6.45) is 1.82. The predicted octanol–water partition coefficient (Wildman–Crippen LogP) is 2.31. The van der Waals surface area contributed by atoms with E-state index in [4.69, 9.17) is 0 Å². The van der Waals surface area contributed by atoms with Crippen LogP contribution in [0, 0.1) is 17.6 Å². The number of likely N-dealkylation sites (N-methyl/N-ethyl adjacent to an activating group) is 1. The highest BCUT2D eigenvalue weighted by Crippen LogP contribution is 2.24. The van der Waals surface area contributed by atoms with Crippen LogP contribution in [-0.2, 0) is 16.3 Å². The average Bonchev–Trinajstić information content (AvgIpc) is 2.72. The van der Waals surface area contributed by atoms with Gasteiger partial charge >= 0.3 is 0 Å². The first-order valence-corrected chi connectivity index (χ1v) is 9.09. The number of hydrogen-bond donors (Lipinski definition) is 1. The number of sulfone groups is 1. The second kappa shape index (κ2) is 6.83. The van der Waals surface area contributed by atoms with Gasteiger partial charge in [0.05, 0.1) is 11.5 Å². The van der Waals surface area contributed by atoms with Crippen LogP contribution in [0.5, 0.6) is 0 Å². The molecule has 2 atom stereocenters. The van der Waals surface area contributed by atoms with Crippen molar-refractivity contribution in [1.82, 2.24) is 5.32 Å². The largest absolute Gasteiger partial charge is 0.314 e. The molecule has 2 unspecified atom stereocenters. The van der Waals surface area contributed by atoms with Crippen molar-refractivity contribution in [1.29, 1.82) is 0 Å². The fraction of sp³-hybridized carbons (Fsp3) is 0.600. The lowest BCUT2D eigenvalue weighted by Crippen LogP contribution is -2.33. The van der Waals surface area contributed by atoms with Crippen LogP contribution in [0.1, 0.15) is 25.3 Å². The van der Waals surface area contributed by atoms with Gasteiger partial charge in [-0.3, -0.25) is 0 Å². The van der Waals surface area contributed by atoms with Crippen LogP contribution in [0.25, 0.3) is 0 Å². The fourth-order valence-corrected chi connectivity index (χ4v) is 4.82. The molecule has 1 aliphatic heterocycles. The van der Waals surface area contributed by atoms with E-state index in [0.717, 1.165) is 12.6 Å². The Morgan fingerprint density at radius 2 is 2.14 bits per heavy atom. The molecule has 0 saturated carbocycles. The number of hydrogen-bond acceptors (Lipinski definition) is 3. The van der Waals surface area contributed by atoms with E-state index in [-0.39, 0.29) is 23.5 Å². The van der Waals surface area contributed by atoms with Gasteiger partial charge in [-0.1, -0.05) is 13.0 Å². The van der Waals surface area contributed by atoms with Gasteiger partial charge in [0.1, 0.15) is 11.6 Å². The van der Waals surface area contributed by atoms with E-state index in [1.807, 2.05) is 6.92 Å². The molecule has 3 nitrogen and oxygen atoms in total. The predicted molar refractivity (Wildman–Crippen MR) is 78.9 cm³/mol. The molecule has 1 heterocycles. The average molecular weight is 317 g/mol. The van der Waals surface area contributed by atoms with Crippen LogP contribution in [0.4, 0.5) is 8.78 Å². The molecule has 1 aromatic rings. The monoisotopic (exact) mass is 317 g/mol. The van der Waals surface area contributed by atoms with E-state index >= 15 is 0 Å². The number of nitrogens with one attached hydrogen (secondary N) is 1. The Bertz CT molecular complexity index is 589. The maximum absolute atomic E-state index is 13.7. The Morgan fingerprint density at radius 1 is 1.38 bits per heavy atom. The third-order valence-electron chi connectivity index (χ3n) is 3.92. The van der Waals surface area contributed by atoms with Crippen molar-refractivity contribution in [2.45, 2.75) is 32.2 Å². The molecule has 0 amide bonds. The Morgan fingerprint density at radius 3 is 2.71 bits per heavy atom. The molecule has 2 rings (SSSR count). The zero-order valence-electron chi connectivity index (χ0n) is 12.1. The minimum atomic E-state index is -2.89. The van der Waals surface area contributed by atoms with E-state index in [0.29, 0.717) is 24.8 Å². The molecule has 0 bridgehead atoms. The Balaban J connectivity index is 2.02. The molecule has 0 spiro atoms. The second-order valence-corrected chi connectivity index (χ2v) is 7.93. The van der Waals surface area contributed by atoms with Crippen molar-refractivity contribution < 1.29 is 17.2 Å². The van der Waals surface area contributed by atoms with Crippen LogP contribution in [0.2, 0.25) is 0 Å². The summed E-state index contributed by atoms with van der Waals surface area (Å²) in [5.41, 5.74) is 0.461. The highest BCUT2D eigenvalue weighted by molar-refractivity contribution is 7.91. The maximum atomic E-state index is 13.7. The quantitative estimate of drug-likeness (QED) is 0.876. The summed E-state index contributed by atoms with van der Waals surface area (Å²) in [6.45, 7) is 2.69. The van der Waals surface area contributed by atoms with Gasteiger partial charge in [0, 0.05) is 12.1 Å². The fourth-order valence-electron chi connectivity index (χ4n) is 2.94. The molecule has 1 N–H and O–H groups in total. The summed E-state index contributed by atoms with van der Waals surface area (Å²) in [5.74, 6) is -0.528. The van der Waals surface area contributed by atoms with Crippen LogP contribution >= 0.6 is 0 Å². The van der Waals surface area contributed by atoms with Gasteiger partial charge in [0.15, 0.2) is 9.84 Å². The summed E-state index contributed by atoms with van der Waals surface area (Å²) < 4.78 is 49.7. The summed E-state index contributed by atoms with van der Waals surface area (Å²) in [5, 5.41) is 3.27. The Kier molecular flexibility index (Phi) is 5.32. The molecule has 0 aliphatic carbocycles. The van der Waals surface area contributed by atoms with Gasteiger partial charge in [-0.15, -0.1) is 0 Å². The first-order valence-electron chi connectivity index (χ1n) is 7.27. The van der Waals surface area contributed by atoms with E-state index < -0.39 is 21.5 Å². The molecule has 1 saturated heterocycles. The number of rotatable bonds is 6. The van der Waals surface area contributed by atoms with Crippen LogP contribution in [0.3, 0.4) is 0 Å². The topological polar surface area (TPSA) is 46.2 Å². The van der Waals surface area contributed by atoms with Crippen molar-refractivity contribution in [3.05, 3.63) is 35.4 Å². The molecule has 1 aliphatic rings. The first-order chi connectivity index (χ1) is 9.89. The number of benzene rings is 1. The van der Waals surface area contributed by atoms with Gasteiger partial charge in [-0.2, -0.15) is 0 Å². The lowest BCUT2D eigenvalue weighted by atomic mass is 9.94. The molecule has 118 valence electrons. The van der Waals surface area contributed by atoms with Gasteiger partial charge in [-0.05, 0) is 43.4 Å². The molecule has 0 aromatic heterocycles. The van der Waals surface area contributed by atoms with E-state index in [1.54, 1.807) is 0 Å². The number of halogens is 2. The van der Waals surface area contributed by atoms with Gasteiger partial charge in [-0.25, -0.2) is 17.2 Å². The van der Waals surface area contributed by atoms with E-state index in [9.17, 15) is 17.2 Å². The normalized spacial score (nSPS) is 22.3. The minimum absolute atomic E-state index is 0.00765. The Labute approximate surface area is 124 Å². The molecule has 0 radical (unpaired) electrons. The maximum Gasteiger partial charge on any atom is 0.150 e. The van der Waals surface area contributed by atoms with Crippen molar-refractivity contribution >= 4 is 9.84 Å². The van der Waals surface area contributed by atoms with Gasteiger partial charge < -0.3 is 5.32 Å². The summed E-state index contributed by atoms with van der Waals surface area (Å²) in [4.78, 5) is 0. The van der Waals surface area contributed by atoms with Crippen molar-refractivity contribution in [3.8, 4) is 0 Å². The van der Waals surface area contributed by atoms with E-state index in [2.05, 4.69) is 5.32 Å². The summed E-state index contributed by atoms with van der Waals surface area (Å²) >= 11 is 0. The van der Waals surface area contributed by atoms with Gasteiger partial charge in [0.25, 0.3) is 0 Å². The van der Waals surface area contributed by atoms with Gasteiger partial charge in [0.2, 0.25) is 0 Å². The van der Waals surface area contributed by atoms with Crippen LogP contribution < -0.4 is 5.32 Å². The minimum Gasteiger partial charge on any atom is -0.314 e. The van der Waals surface area contributed by atoms with Crippen LogP contribution in [-0.4, -0.2) is 32.5 Å². The Hall–Kier alpha value is -1.01. The highest BCUT2D eigenvalue weighted by atomic mass is 32.2. The summed E-state index contributed by atoms with van der Waals surface area (Å²) in [7, 11) is -2.89. The van der Waals surface area contributed by atoms with Crippen molar-refractivity contribution in [2.75, 3.05) is 18.1 Å². The molecule has 6 heteroatoms. The van der Waals surface area contributed by atoms with E-state index in [1.165, 1.54) is 12.1 Å². The SMILES string of the molecule is CCNC(Cc1ccc(F)cc1F)CC1CCS(=O)(=O)C1. The summed E-state index contributed by atoms with van der Waals surface area (Å²) in [6, 6.07) is 3.61. The van der Waals surface area contributed by atoms with Crippen LogP contribution in [0.15, 0.2) is 18.2 Å². The second-order valence-electron chi connectivity index (χ2n) is 5.70. The third-order valence-corrected chi connectivity index (χ3v) is 5.76. The molecule has 21 heavy (non-hydrogen) atoms. The highest BCUT2D eigenvalue weighted by Gasteiger charge is 2.29. The van der Waals surface area contributed by atoms with Crippen molar-refractivity contribution in [2.24, 2.45) is 5.92 Å². The lowest BCUT2D eigenvalue weighted by molar-refractivity contribution is 0.404. The third kappa shape index (κ3) is 4.74. The zero-order chi connectivity index (χ0) is 15.5. The zero-order valence-corrected chi connectivity index (χ0v) is 12.9.